The molecule has 1 N–H and O–H groups in total. The lowest BCUT2D eigenvalue weighted by atomic mass is 10.4. The Hall–Kier alpha value is -0.840. The summed E-state index contributed by atoms with van der Waals surface area (Å²) in [5.41, 5.74) is 0.0596. The van der Waals surface area contributed by atoms with Crippen molar-refractivity contribution in [3.63, 3.8) is 0 Å². The highest BCUT2D eigenvalue weighted by Gasteiger charge is 1.91. The van der Waals surface area contributed by atoms with Gasteiger partial charge in [0.05, 0.1) is 11.9 Å². The molecular weight excluding hydrogens is 156 g/mol. The molecule has 0 aliphatic carbocycles. The standard InChI is InChI=1S/C5H4ClN2O2/c6-5-2-1-4(3-7-5)8(9)10/h1-3,9H/q-1. The van der Waals surface area contributed by atoms with E-state index in [4.69, 9.17) is 16.8 Å². The second-order valence-corrected chi connectivity index (χ2v) is 2.00. The summed E-state index contributed by atoms with van der Waals surface area (Å²) >= 11 is 5.40. The van der Waals surface area contributed by atoms with Crippen LogP contribution in [0.1, 0.15) is 0 Å². The van der Waals surface area contributed by atoms with Crippen molar-refractivity contribution in [2.24, 2.45) is 0 Å². The van der Waals surface area contributed by atoms with Gasteiger partial charge in [-0.2, -0.15) is 0 Å². The molecule has 1 rings (SSSR count). The molecule has 1 aromatic heterocycles. The number of anilines is 1. The van der Waals surface area contributed by atoms with Gasteiger partial charge in [0.15, 0.2) is 0 Å². The molecule has 0 saturated carbocycles. The van der Waals surface area contributed by atoms with Crippen LogP contribution < -0.4 is 5.23 Å². The lowest BCUT2D eigenvalue weighted by Crippen LogP contribution is -2.06. The second kappa shape index (κ2) is 2.83. The van der Waals surface area contributed by atoms with Gasteiger partial charge in [-0.15, -0.1) is 0 Å². The Morgan fingerprint density at radius 1 is 1.60 bits per heavy atom. The number of nitrogens with zero attached hydrogens (tertiary/aromatic N) is 2. The van der Waals surface area contributed by atoms with Crippen molar-refractivity contribution >= 4 is 17.3 Å². The van der Waals surface area contributed by atoms with Gasteiger partial charge in [0.2, 0.25) is 0 Å². The maximum Gasteiger partial charge on any atom is 0.129 e. The molecule has 0 fully saturated rings. The van der Waals surface area contributed by atoms with E-state index in [1.165, 1.54) is 18.3 Å². The quantitative estimate of drug-likeness (QED) is 0.498. The van der Waals surface area contributed by atoms with Gasteiger partial charge in [-0.05, 0) is 12.1 Å². The van der Waals surface area contributed by atoms with Crippen LogP contribution in [0.2, 0.25) is 5.15 Å². The highest BCUT2D eigenvalue weighted by Crippen LogP contribution is 2.11. The highest BCUT2D eigenvalue weighted by atomic mass is 35.5. The van der Waals surface area contributed by atoms with Gasteiger partial charge in [0.25, 0.3) is 0 Å². The van der Waals surface area contributed by atoms with Gasteiger partial charge in [-0.25, -0.2) is 4.98 Å². The fourth-order valence-corrected chi connectivity index (χ4v) is 0.593. The zero-order chi connectivity index (χ0) is 7.56. The monoisotopic (exact) mass is 159 g/mol. The minimum Gasteiger partial charge on any atom is -0.733 e. The molecule has 0 saturated heterocycles. The Balaban J connectivity index is 2.89. The van der Waals surface area contributed by atoms with Crippen molar-refractivity contribution in [2.75, 3.05) is 5.23 Å². The third-order valence-electron chi connectivity index (χ3n) is 0.933. The first-order valence-electron chi connectivity index (χ1n) is 2.48. The zero-order valence-electron chi connectivity index (χ0n) is 4.86. The maximum absolute atomic E-state index is 10.1. The van der Waals surface area contributed by atoms with Gasteiger partial charge < -0.3 is 10.4 Å². The fraction of sp³-hybridized carbons (Fsp3) is 0. The largest absolute Gasteiger partial charge is 0.733 e. The molecule has 0 unspecified atom stereocenters. The molecule has 54 valence electrons. The number of rotatable bonds is 1. The second-order valence-electron chi connectivity index (χ2n) is 1.61. The first kappa shape index (κ1) is 7.27. The maximum atomic E-state index is 10.1. The van der Waals surface area contributed by atoms with E-state index in [0.717, 1.165) is 0 Å². The van der Waals surface area contributed by atoms with Crippen LogP contribution in [-0.4, -0.2) is 10.2 Å². The van der Waals surface area contributed by atoms with Crippen molar-refractivity contribution in [1.82, 2.24) is 4.98 Å². The first-order chi connectivity index (χ1) is 4.70. The molecule has 0 radical (unpaired) electrons. The van der Waals surface area contributed by atoms with Crippen LogP contribution >= 0.6 is 11.6 Å². The van der Waals surface area contributed by atoms with Crippen molar-refractivity contribution in [2.45, 2.75) is 0 Å². The van der Waals surface area contributed by atoms with E-state index in [2.05, 4.69) is 4.98 Å². The summed E-state index contributed by atoms with van der Waals surface area (Å²) in [5.74, 6) is 0. The topological polar surface area (TPSA) is 59.4 Å². The minimum atomic E-state index is -0.274. The average molecular weight is 160 g/mol. The van der Waals surface area contributed by atoms with Crippen molar-refractivity contribution in [3.8, 4) is 0 Å². The van der Waals surface area contributed by atoms with Crippen LogP contribution in [0.3, 0.4) is 0 Å². The van der Waals surface area contributed by atoms with E-state index in [-0.39, 0.29) is 16.1 Å². The fourth-order valence-electron chi connectivity index (χ4n) is 0.481. The van der Waals surface area contributed by atoms with E-state index in [1.54, 1.807) is 0 Å². The van der Waals surface area contributed by atoms with Gasteiger partial charge in [-0.3, -0.25) is 5.21 Å². The third kappa shape index (κ3) is 1.57. The summed E-state index contributed by atoms with van der Waals surface area (Å²) < 4.78 is 0. The number of hydrogen-bond acceptors (Lipinski definition) is 4. The first-order valence-corrected chi connectivity index (χ1v) is 2.85. The van der Waals surface area contributed by atoms with Gasteiger partial charge >= 0.3 is 0 Å². The SMILES string of the molecule is [O-]N(O)c1ccc(Cl)nc1. The molecule has 0 aromatic carbocycles. The summed E-state index contributed by atoms with van der Waals surface area (Å²) in [6.07, 6.45) is 1.18. The summed E-state index contributed by atoms with van der Waals surface area (Å²) in [7, 11) is 0. The van der Waals surface area contributed by atoms with E-state index < -0.39 is 0 Å². The molecule has 5 heteroatoms. The Kier molecular flexibility index (Phi) is 2.06. The van der Waals surface area contributed by atoms with E-state index in [0.29, 0.717) is 0 Å². The normalized spacial score (nSPS) is 9.50. The van der Waals surface area contributed by atoms with Gasteiger partial charge in [-0.1, -0.05) is 11.6 Å². The van der Waals surface area contributed by atoms with Crippen LogP contribution in [-0.2, 0) is 0 Å². The predicted molar refractivity (Wildman–Crippen MR) is 36.9 cm³/mol. The molecule has 0 spiro atoms. The molecule has 0 aliphatic heterocycles. The Morgan fingerprint density at radius 2 is 2.30 bits per heavy atom. The third-order valence-corrected chi connectivity index (χ3v) is 1.16. The highest BCUT2D eigenvalue weighted by molar-refractivity contribution is 6.29. The minimum absolute atomic E-state index is 0.0596. The van der Waals surface area contributed by atoms with Crippen LogP contribution in [0.5, 0.6) is 0 Å². The number of aromatic nitrogens is 1. The van der Waals surface area contributed by atoms with Gasteiger partial charge in [0, 0.05) is 0 Å². The Bertz CT molecular complexity index is 211. The van der Waals surface area contributed by atoms with Crippen molar-refractivity contribution in [1.29, 1.82) is 0 Å². The molecular formula is C5H4ClN2O2-. The zero-order valence-corrected chi connectivity index (χ0v) is 5.62. The smallest absolute Gasteiger partial charge is 0.129 e. The summed E-state index contributed by atoms with van der Waals surface area (Å²) in [6.45, 7) is 0. The lowest BCUT2D eigenvalue weighted by Gasteiger charge is -2.20. The van der Waals surface area contributed by atoms with Crippen LogP contribution in [0.15, 0.2) is 18.3 Å². The van der Waals surface area contributed by atoms with Gasteiger partial charge in [0.1, 0.15) is 5.15 Å². The van der Waals surface area contributed by atoms with Crippen LogP contribution in [0.25, 0.3) is 0 Å². The predicted octanol–water partition coefficient (Wildman–Crippen LogP) is 1.43. The average Bonchev–Trinajstić information content (AvgIpc) is 1.88. The molecule has 0 atom stereocenters. The van der Waals surface area contributed by atoms with Crippen LogP contribution in [0.4, 0.5) is 5.69 Å². The molecule has 1 heterocycles. The molecule has 4 nitrogen and oxygen atoms in total. The molecule has 0 bridgehead atoms. The summed E-state index contributed by atoms with van der Waals surface area (Å²) in [4.78, 5) is 3.56. The molecule has 1 aromatic rings. The van der Waals surface area contributed by atoms with E-state index in [1.807, 2.05) is 0 Å². The Morgan fingerprint density at radius 3 is 2.70 bits per heavy atom. The van der Waals surface area contributed by atoms with E-state index in [9.17, 15) is 5.21 Å². The molecule has 0 aliphatic rings. The van der Waals surface area contributed by atoms with Crippen molar-refractivity contribution < 1.29 is 5.21 Å². The molecule has 0 amide bonds. The summed E-state index contributed by atoms with van der Waals surface area (Å²) in [5, 5.41) is 18.5. The lowest BCUT2D eigenvalue weighted by molar-refractivity contribution is 0.296. The number of pyridine rings is 1. The van der Waals surface area contributed by atoms with E-state index >= 15 is 0 Å². The summed E-state index contributed by atoms with van der Waals surface area (Å²) in [6, 6.07) is 2.78. The number of hydrogen-bond donors (Lipinski definition) is 1. The van der Waals surface area contributed by atoms with Crippen LogP contribution in [0, 0.1) is 5.21 Å². The van der Waals surface area contributed by atoms with Crippen molar-refractivity contribution in [3.05, 3.63) is 28.7 Å². The Labute approximate surface area is 62.2 Å². The number of halogens is 1. The molecule has 10 heavy (non-hydrogen) atoms.